The van der Waals surface area contributed by atoms with Gasteiger partial charge in [-0.15, -0.1) is 0 Å². The highest BCUT2D eigenvalue weighted by Gasteiger charge is 2.52. The Labute approximate surface area is 122 Å². The van der Waals surface area contributed by atoms with Crippen LogP contribution in [0, 0.1) is 0 Å². The van der Waals surface area contributed by atoms with Crippen molar-refractivity contribution in [2.75, 3.05) is 0 Å². The highest BCUT2D eigenvalue weighted by atomic mass is 16.7. The number of hydrogen-bond acceptors (Lipinski definition) is 4. The van der Waals surface area contributed by atoms with Gasteiger partial charge in [-0.25, -0.2) is 9.59 Å². The molecule has 0 aromatic heterocycles. The van der Waals surface area contributed by atoms with Gasteiger partial charge in [-0.05, 0) is 51.4 Å². The summed E-state index contributed by atoms with van der Waals surface area (Å²) < 4.78 is 11.6. The van der Waals surface area contributed by atoms with Gasteiger partial charge < -0.3 is 19.5 Å². The lowest BCUT2D eigenvalue weighted by molar-refractivity contribution is 0.00578. The van der Waals surface area contributed by atoms with Crippen LogP contribution in [-0.2, 0) is 9.31 Å². The molecule has 6 nitrogen and oxygen atoms in total. The fourth-order valence-electron chi connectivity index (χ4n) is 2.06. The molecule has 7 heteroatoms. The molecule has 1 aliphatic rings. The second-order valence-electron chi connectivity index (χ2n) is 6.00. The van der Waals surface area contributed by atoms with Crippen LogP contribution in [0.5, 0.6) is 0 Å². The van der Waals surface area contributed by atoms with Crippen LogP contribution in [0.4, 0.5) is 0 Å². The molecule has 0 saturated carbocycles. The van der Waals surface area contributed by atoms with Gasteiger partial charge in [0.25, 0.3) is 0 Å². The zero-order valence-electron chi connectivity index (χ0n) is 12.3. The average molecular weight is 292 g/mol. The van der Waals surface area contributed by atoms with Gasteiger partial charge in [-0.3, -0.25) is 0 Å². The summed E-state index contributed by atoms with van der Waals surface area (Å²) in [5.74, 6) is -2.29. The maximum atomic E-state index is 11.3. The first-order chi connectivity index (χ1) is 9.55. The van der Waals surface area contributed by atoms with Gasteiger partial charge in [0.2, 0.25) is 0 Å². The van der Waals surface area contributed by atoms with Gasteiger partial charge >= 0.3 is 19.1 Å². The van der Waals surface area contributed by atoms with Crippen molar-refractivity contribution >= 4 is 24.5 Å². The van der Waals surface area contributed by atoms with E-state index in [1.54, 1.807) is 0 Å². The largest absolute Gasteiger partial charge is 0.495 e. The van der Waals surface area contributed by atoms with Gasteiger partial charge in [0.05, 0.1) is 22.3 Å². The molecule has 0 radical (unpaired) electrons. The number of carbonyl (C=O) groups is 2. The summed E-state index contributed by atoms with van der Waals surface area (Å²) in [6.07, 6.45) is 0. The molecule has 0 bridgehead atoms. The van der Waals surface area contributed by atoms with E-state index in [1.807, 2.05) is 27.7 Å². The smallest absolute Gasteiger partial charge is 0.478 e. The van der Waals surface area contributed by atoms with Gasteiger partial charge in [0.15, 0.2) is 0 Å². The molecular formula is C14H17BO6. The number of hydrogen-bond donors (Lipinski definition) is 2. The Morgan fingerprint density at radius 3 is 1.95 bits per heavy atom. The topological polar surface area (TPSA) is 93.1 Å². The normalized spacial score (nSPS) is 19.5. The molecule has 1 saturated heterocycles. The van der Waals surface area contributed by atoms with E-state index in [0.29, 0.717) is 0 Å². The van der Waals surface area contributed by atoms with Crippen molar-refractivity contribution in [3.05, 3.63) is 29.3 Å². The van der Waals surface area contributed by atoms with Crippen LogP contribution in [0.1, 0.15) is 48.4 Å². The molecule has 112 valence electrons. The van der Waals surface area contributed by atoms with Crippen LogP contribution in [-0.4, -0.2) is 40.5 Å². The summed E-state index contributed by atoms with van der Waals surface area (Å²) >= 11 is 0. The summed E-state index contributed by atoms with van der Waals surface area (Å²) in [6.45, 7) is 7.37. The molecule has 0 unspecified atom stereocenters. The number of carboxylic acid groups (broad SMARTS) is 2. The van der Waals surface area contributed by atoms with Crippen molar-refractivity contribution in [1.82, 2.24) is 0 Å². The van der Waals surface area contributed by atoms with Crippen molar-refractivity contribution in [3.63, 3.8) is 0 Å². The number of benzene rings is 1. The molecule has 21 heavy (non-hydrogen) atoms. The van der Waals surface area contributed by atoms with E-state index < -0.39 is 30.3 Å². The van der Waals surface area contributed by atoms with Gasteiger partial charge in [-0.1, -0.05) is 0 Å². The Kier molecular flexibility index (Phi) is 3.59. The third-order valence-corrected chi connectivity index (χ3v) is 4.04. The Bertz CT molecular complexity index is 591. The molecule has 1 fully saturated rings. The maximum absolute atomic E-state index is 11.3. The zero-order valence-corrected chi connectivity index (χ0v) is 12.3. The predicted molar refractivity (Wildman–Crippen MR) is 76.1 cm³/mol. The third kappa shape index (κ3) is 2.66. The van der Waals surface area contributed by atoms with E-state index in [0.717, 1.165) is 0 Å². The summed E-state index contributed by atoms with van der Waals surface area (Å²) in [7, 11) is -0.916. The fourth-order valence-corrected chi connectivity index (χ4v) is 2.06. The van der Waals surface area contributed by atoms with Crippen molar-refractivity contribution in [2.45, 2.75) is 38.9 Å². The number of aromatic carboxylic acids is 2. The van der Waals surface area contributed by atoms with E-state index in [-0.39, 0.29) is 16.6 Å². The summed E-state index contributed by atoms with van der Waals surface area (Å²) in [5.41, 5.74) is -1.09. The minimum absolute atomic E-state index is 0.00953. The first-order valence-corrected chi connectivity index (χ1v) is 6.51. The minimum atomic E-state index is -1.16. The first-order valence-electron chi connectivity index (χ1n) is 6.51. The van der Waals surface area contributed by atoms with E-state index in [2.05, 4.69) is 0 Å². The second-order valence-corrected chi connectivity index (χ2v) is 6.00. The van der Waals surface area contributed by atoms with Crippen molar-refractivity contribution < 1.29 is 29.1 Å². The third-order valence-electron chi connectivity index (χ3n) is 4.04. The van der Waals surface area contributed by atoms with Crippen LogP contribution < -0.4 is 5.46 Å². The van der Waals surface area contributed by atoms with Gasteiger partial charge in [-0.2, -0.15) is 0 Å². The van der Waals surface area contributed by atoms with Crippen LogP contribution >= 0.6 is 0 Å². The lowest BCUT2D eigenvalue weighted by Gasteiger charge is -2.32. The summed E-state index contributed by atoms with van der Waals surface area (Å²) in [4.78, 5) is 22.4. The molecule has 1 aliphatic heterocycles. The average Bonchev–Trinajstić information content (AvgIpc) is 2.57. The first kappa shape index (κ1) is 15.5. The fraction of sp³-hybridized carbons (Fsp3) is 0.429. The van der Waals surface area contributed by atoms with Crippen LogP contribution in [0.15, 0.2) is 18.2 Å². The molecular weight excluding hydrogens is 275 g/mol. The van der Waals surface area contributed by atoms with E-state index >= 15 is 0 Å². The summed E-state index contributed by atoms with van der Waals surface area (Å²) in [5, 5.41) is 18.3. The number of rotatable bonds is 3. The van der Waals surface area contributed by atoms with E-state index in [4.69, 9.17) is 14.4 Å². The highest BCUT2D eigenvalue weighted by molar-refractivity contribution is 6.63. The van der Waals surface area contributed by atoms with E-state index in [9.17, 15) is 14.7 Å². The van der Waals surface area contributed by atoms with Crippen molar-refractivity contribution in [1.29, 1.82) is 0 Å². The molecule has 1 aromatic carbocycles. The van der Waals surface area contributed by atoms with Gasteiger partial charge in [0.1, 0.15) is 0 Å². The number of carboxylic acids is 2. The molecule has 0 amide bonds. The molecule has 0 spiro atoms. The van der Waals surface area contributed by atoms with Crippen LogP contribution in [0.25, 0.3) is 0 Å². The Morgan fingerprint density at radius 1 is 1.00 bits per heavy atom. The van der Waals surface area contributed by atoms with Crippen LogP contribution in [0.3, 0.4) is 0 Å². The van der Waals surface area contributed by atoms with Crippen molar-refractivity contribution in [3.8, 4) is 0 Å². The molecule has 2 rings (SSSR count). The standard InChI is InChI=1S/C14H17BO6/c1-13(2)14(3,4)21-15(20-13)10-7-8(11(16)17)5-6-9(10)12(18)19/h5-7H,1-4H3,(H,16,17)(H,18,19). The second kappa shape index (κ2) is 4.86. The Hall–Kier alpha value is -1.86. The van der Waals surface area contributed by atoms with E-state index in [1.165, 1.54) is 18.2 Å². The monoisotopic (exact) mass is 292 g/mol. The zero-order chi connectivity index (χ0) is 16.0. The molecule has 1 aromatic rings. The highest BCUT2D eigenvalue weighted by Crippen LogP contribution is 2.36. The van der Waals surface area contributed by atoms with Gasteiger partial charge in [0, 0.05) is 0 Å². The lowest BCUT2D eigenvalue weighted by Crippen LogP contribution is -2.41. The van der Waals surface area contributed by atoms with Crippen LogP contribution in [0.2, 0.25) is 0 Å². The predicted octanol–water partition coefficient (Wildman–Crippen LogP) is 1.38. The maximum Gasteiger partial charge on any atom is 0.495 e. The quantitative estimate of drug-likeness (QED) is 0.818. The van der Waals surface area contributed by atoms with Crippen molar-refractivity contribution in [2.24, 2.45) is 0 Å². The molecule has 0 aliphatic carbocycles. The molecule has 2 N–H and O–H groups in total. The molecule has 1 heterocycles. The summed E-state index contributed by atoms with van der Waals surface area (Å²) in [6, 6.07) is 3.79. The minimum Gasteiger partial charge on any atom is -0.478 e. The SMILES string of the molecule is CC1(C)OB(c2cc(C(=O)O)ccc2C(=O)O)OC1(C)C. The lowest BCUT2D eigenvalue weighted by atomic mass is 9.75. The Balaban J connectivity index is 2.50. The Morgan fingerprint density at radius 2 is 1.52 bits per heavy atom. The molecule has 0 atom stereocenters.